The van der Waals surface area contributed by atoms with Gasteiger partial charge < -0.3 is 15.0 Å². The van der Waals surface area contributed by atoms with E-state index >= 15 is 0 Å². The Morgan fingerprint density at radius 1 is 1.43 bits per heavy atom. The molecule has 2 rings (SSSR count). The van der Waals surface area contributed by atoms with Crippen molar-refractivity contribution in [3.05, 3.63) is 28.3 Å². The van der Waals surface area contributed by atoms with Crippen LogP contribution in [0.3, 0.4) is 0 Å². The molecule has 1 aliphatic rings. The summed E-state index contributed by atoms with van der Waals surface area (Å²) < 4.78 is 5.10. The Labute approximate surface area is 124 Å². The lowest BCUT2D eigenvalue weighted by molar-refractivity contribution is -0.385. The predicted octanol–water partition coefficient (Wildman–Crippen LogP) is 0.945. The molecule has 0 atom stereocenters. The molecule has 0 radical (unpaired) electrons. The minimum atomic E-state index is -0.427. The smallest absolute Gasteiger partial charge is 0.311 e. The first-order valence-corrected chi connectivity index (χ1v) is 7.08. The predicted molar refractivity (Wildman–Crippen MR) is 82.2 cm³/mol. The highest BCUT2D eigenvalue weighted by Gasteiger charge is 2.16. The highest BCUT2D eigenvalue weighted by Crippen LogP contribution is 2.30. The van der Waals surface area contributed by atoms with Crippen molar-refractivity contribution in [1.29, 1.82) is 0 Å². The number of nitro groups is 1. The fourth-order valence-corrected chi connectivity index (χ4v) is 2.41. The normalized spacial score (nSPS) is 15.7. The summed E-state index contributed by atoms with van der Waals surface area (Å²) in [4.78, 5) is 15.0. The number of hydrogen-bond donors (Lipinski definition) is 1. The number of nitro benzene ring substituents is 1. The largest absolute Gasteiger partial charge is 0.490 e. The van der Waals surface area contributed by atoms with E-state index < -0.39 is 4.92 Å². The van der Waals surface area contributed by atoms with Crippen molar-refractivity contribution in [3.8, 4) is 5.75 Å². The molecule has 0 aromatic heterocycles. The maximum Gasteiger partial charge on any atom is 0.311 e. The van der Waals surface area contributed by atoms with Crippen LogP contribution in [0.25, 0.3) is 0 Å². The van der Waals surface area contributed by atoms with Gasteiger partial charge in [0.25, 0.3) is 0 Å². The molecule has 1 saturated heterocycles. The Bertz CT molecular complexity index is 489. The molecular weight excluding hydrogens is 272 g/mol. The quantitative estimate of drug-likeness (QED) is 0.622. The molecule has 1 aliphatic heterocycles. The van der Waals surface area contributed by atoms with Gasteiger partial charge in [0.15, 0.2) is 5.75 Å². The van der Waals surface area contributed by atoms with Gasteiger partial charge in [-0.05, 0) is 6.07 Å². The number of piperazine rings is 1. The molecule has 1 aromatic rings. The van der Waals surface area contributed by atoms with Crippen LogP contribution in [0.4, 0.5) is 11.4 Å². The zero-order valence-corrected chi connectivity index (χ0v) is 12.5. The van der Waals surface area contributed by atoms with Crippen LogP contribution in [0.1, 0.15) is 0 Å². The molecule has 7 nitrogen and oxygen atoms in total. The first-order valence-electron chi connectivity index (χ1n) is 7.08. The maximum absolute atomic E-state index is 10.9. The van der Waals surface area contributed by atoms with Gasteiger partial charge in [-0.25, -0.2) is 0 Å². The topological polar surface area (TPSA) is 70.9 Å². The number of hydrogen-bond acceptors (Lipinski definition) is 6. The van der Waals surface area contributed by atoms with Crippen LogP contribution in [0.5, 0.6) is 5.75 Å². The zero-order chi connectivity index (χ0) is 15.2. The summed E-state index contributed by atoms with van der Waals surface area (Å²) in [6.07, 6.45) is 0. The van der Waals surface area contributed by atoms with E-state index in [0.29, 0.717) is 5.75 Å². The SMILES string of the molecule is COc1cc(N(C)CCN2CCNCC2)ccc1[N+](=O)[O-]. The van der Waals surface area contributed by atoms with Gasteiger partial charge in [0, 0.05) is 64.1 Å². The second-order valence-electron chi connectivity index (χ2n) is 5.13. The van der Waals surface area contributed by atoms with Gasteiger partial charge in [-0.15, -0.1) is 0 Å². The first-order chi connectivity index (χ1) is 10.1. The van der Waals surface area contributed by atoms with Crippen LogP contribution in [0.15, 0.2) is 18.2 Å². The number of benzene rings is 1. The number of likely N-dealkylation sites (N-methyl/N-ethyl adjacent to an activating group) is 1. The average molecular weight is 294 g/mol. The maximum atomic E-state index is 10.9. The minimum absolute atomic E-state index is 0.00300. The number of nitrogens with one attached hydrogen (secondary N) is 1. The Hall–Kier alpha value is -1.86. The zero-order valence-electron chi connectivity index (χ0n) is 12.5. The molecule has 0 saturated carbocycles. The van der Waals surface area contributed by atoms with Crippen molar-refractivity contribution < 1.29 is 9.66 Å². The van der Waals surface area contributed by atoms with E-state index in [-0.39, 0.29) is 5.69 Å². The van der Waals surface area contributed by atoms with Crippen molar-refractivity contribution in [1.82, 2.24) is 10.2 Å². The highest BCUT2D eigenvalue weighted by molar-refractivity contribution is 5.58. The van der Waals surface area contributed by atoms with E-state index in [1.807, 2.05) is 7.05 Å². The summed E-state index contributed by atoms with van der Waals surface area (Å²) in [5.41, 5.74) is 0.921. The number of rotatable bonds is 6. The summed E-state index contributed by atoms with van der Waals surface area (Å²) >= 11 is 0. The van der Waals surface area contributed by atoms with Gasteiger partial charge in [-0.2, -0.15) is 0 Å². The Balaban J connectivity index is 1.98. The molecule has 0 amide bonds. The monoisotopic (exact) mass is 294 g/mol. The Morgan fingerprint density at radius 2 is 2.14 bits per heavy atom. The molecule has 1 heterocycles. The highest BCUT2D eigenvalue weighted by atomic mass is 16.6. The number of ether oxygens (including phenoxy) is 1. The molecular formula is C14H22N4O3. The third-order valence-electron chi connectivity index (χ3n) is 3.76. The van der Waals surface area contributed by atoms with Gasteiger partial charge >= 0.3 is 5.69 Å². The fourth-order valence-electron chi connectivity index (χ4n) is 2.41. The molecule has 1 aromatic carbocycles. The van der Waals surface area contributed by atoms with Gasteiger partial charge in [-0.1, -0.05) is 0 Å². The standard InChI is InChI=1S/C14H22N4O3/c1-16(9-10-17-7-5-15-6-8-17)12-3-4-13(18(19)20)14(11-12)21-2/h3-4,11,15H,5-10H2,1-2H3. The van der Waals surface area contributed by atoms with Crippen molar-refractivity contribution in [3.63, 3.8) is 0 Å². The van der Waals surface area contributed by atoms with E-state index in [1.165, 1.54) is 13.2 Å². The second-order valence-corrected chi connectivity index (χ2v) is 5.13. The lowest BCUT2D eigenvalue weighted by atomic mass is 10.2. The molecule has 0 bridgehead atoms. The molecule has 7 heteroatoms. The lowest BCUT2D eigenvalue weighted by Crippen LogP contribution is -2.46. The van der Waals surface area contributed by atoms with E-state index in [0.717, 1.165) is 45.0 Å². The summed E-state index contributed by atoms with van der Waals surface area (Å²) in [7, 11) is 3.44. The van der Waals surface area contributed by atoms with Crippen LogP contribution in [-0.4, -0.2) is 63.2 Å². The summed E-state index contributed by atoms with van der Waals surface area (Å²) in [5.74, 6) is 0.298. The summed E-state index contributed by atoms with van der Waals surface area (Å²) in [5, 5.41) is 14.2. The van der Waals surface area contributed by atoms with Crippen LogP contribution in [-0.2, 0) is 0 Å². The number of nitrogens with zero attached hydrogens (tertiary/aromatic N) is 3. The first kappa shape index (κ1) is 15.5. The summed E-state index contributed by atoms with van der Waals surface area (Å²) in [6.45, 7) is 6.07. The van der Waals surface area contributed by atoms with E-state index in [1.54, 1.807) is 12.1 Å². The van der Waals surface area contributed by atoms with Crippen LogP contribution in [0.2, 0.25) is 0 Å². The third-order valence-corrected chi connectivity index (χ3v) is 3.76. The fraction of sp³-hybridized carbons (Fsp3) is 0.571. The van der Waals surface area contributed by atoms with Gasteiger partial charge in [0.1, 0.15) is 0 Å². The lowest BCUT2D eigenvalue weighted by Gasteiger charge is -2.29. The second kappa shape index (κ2) is 7.24. The van der Waals surface area contributed by atoms with E-state index in [9.17, 15) is 10.1 Å². The van der Waals surface area contributed by atoms with Crippen molar-refractivity contribution >= 4 is 11.4 Å². The van der Waals surface area contributed by atoms with Crippen LogP contribution < -0.4 is 15.0 Å². The molecule has 0 unspecified atom stereocenters. The molecule has 1 fully saturated rings. The third kappa shape index (κ3) is 4.05. The van der Waals surface area contributed by atoms with Crippen LogP contribution >= 0.6 is 0 Å². The average Bonchev–Trinajstić information content (AvgIpc) is 2.52. The van der Waals surface area contributed by atoms with Gasteiger partial charge in [0.05, 0.1) is 12.0 Å². The Kier molecular flexibility index (Phi) is 5.35. The van der Waals surface area contributed by atoms with Crippen LogP contribution in [0, 0.1) is 10.1 Å². The summed E-state index contributed by atoms with van der Waals surface area (Å²) in [6, 6.07) is 4.98. The van der Waals surface area contributed by atoms with Crippen molar-refractivity contribution in [2.45, 2.75) is 0 Å². The number of anilines is 1. The minimum Gasteiger partial charge on any atom is -0.490 e. The van der Waals surface area contributed by atoms with E-state index in [4.69, 9.17) is 4.74 Å². The van der Waals surface area contributed by atoms with Crippen molar-refractivity contribution in [2.75, 3.05) is 58.3 Å². The molecule has 0 spiro atoms. The van der Waals surface area contributed by atoms with Gasteiger partial charge in [0.2, 0.25) is 0 Å². The molecule has 116 valence electrons. The Morgan fingerprint density at radius 3 is 2.76 bits per heavy atom. The van der Waals surface area contributed by atoms with Crippen molar-refractivity contribution in [2.24, 2.45) is 0 Å². The molecule has 0 aliphatic carbocycles. The molecule has 1 N–H and O–H groups in total. The number of methoxy groups -OCH3 is 1. The van der Waals surface area contributed by atoms with E-state index in [2.05, 4.69) is 15.1 Å². The van der Waals surface area contributed by atoms with Gasteiger partial charge in [-0.3, -0.25) is 15.0 Å². The molecule has 21 heavy (non-hydrogen) atoms.